The van der Waals surface area contributed by atoms with Crippen molar-refractivity contribution in [2.24, 2.45) is 5.92 Å². The fourth-order valence-electron chi connectivity index (χ4n) is 2.26. The molecule has 0 atom stereocenters. The zero-order valence-electron chi connectivity index (χ0n) is 12.6. The Morgan fingerprint density at radius 1 is 1.27 bits per heavy atom. The van der Waals surface area contributed by atoms with Crippen LogP contribution in [0.5, 0.6) is 0 Å². The molecule has 2 N–H and O–H groups in total. The highest BCUT2D eigenvalue weighted by molar-refractivity contribution is 5.74. The Hall–Kier alpha value is -2.71. The van der Waals surface area contributed by atoms with E-state index in [1.165, 1.54) is 4.57 Å². The van der Waals surface area contributed by atoms with Gasteiger partial charge in [-0.2, -0.15) is 0 Å². The van der Waals surface area contributed by atoms with Crippen LogP contribution in [0.25, 0.3) is 22.7 Å². The number of fused-ring (bicyclic) bond motifs is 1. The zero-order chi connectivity index (χ0) is 15.9. The van der Waals surface area contributed by atoms with Gasteiger partial charge in [-0.15, -0.1) is 5.10 Å². The number of nitrogens with zero attached hydrogens (tertiary/aromatic N) is 5. The maximum absolute atomic E-state index is 12.0. The lowest BCUT2D eigenvalue weighted by molar-refractivity contribution is 0.513. The third-order valence-corrected chi connectivity index (χ3v) is 3.29. The summed E-state index contributed by atoms with van der Waals surface area (Å²) < 4.78 is 3.12. The van der Waals surface area contributed by atoms with E-state index in [4.69, 9.17) is 0 Å². The highest BCUT2D eigenvalue weighted by Crippen LogP contribution is 2.15. The largest absolute Gasteiger partial charge is 0.331 e. The summed E-state index contributed by atoms with van der Waals surface area (Å²) in [6, 6.07) is 0. The summed E-state index contributed by atoms with van der Waals surface area (Å²) in [4.78, 5) is 33.6. The van der Waals surface area contributed by atoms with Crippen molar-refractivity contribution in [2.75, 3.05) is 0 Å². The molecular formula is C13H17N7O2. The molecule has 3 heterocycles. The average Bonchev–Trinajstić information content (AvgIpc) is 3.09. The van der Waals surface area contributed by atoms with Crippen molar-refractivity contribution >= 4 is 11.2 Å². The first kappa shape index (κ1) is 14.2. The van der Waals surface area contributed by atoms with Crippen molar-refractivity contribution in [3.8, 4) is 11.5 Å². The van der Waals surface area contributed by atoms with Crippen LogP contribution in [0.1, 0.15) is 20.8 Å². The van der Waals surface area contributed by atoms with E-state index < -0.39 is 11.2 Å². The van der Waals surface area contributed by atoms with Gasteiger partial charge in [-0.1, -0.05) is 19.1 Å². The van der Waals surface area contributed by atoms with Crippen molar-refractivity contribution < 1.29 is 0 Å². The molecule has 3 rings (SSSR count). The average molecular weight is 303 g/mol. The minimum absolute atomic E-state index is 0.243. The van der Waals surface area contributed by atoms with E-state index in [0.29, 0.717) is 30.3 Å². The molecule has 9 nitrogen and oxygen atoms in total. The molecule has 0 saturated carbocycles. The summed E-state index contributed by atoms with van der Waals surface area (Å²) in [6.45, 7) is 7.08. The smallest absolute Gasteiger partial charge is 0.330 e. The molecule has 3 aromatic heterocycles. The van der Waals surface area contributed by atoms with Crippen LogP contribution in [0.3, 0.4) is 0 Å². The first-order chi connectivity index (χ1) is 10.5. The van der Waals surface area contributed by atoms with E-state index in [1.54, 1.807) is 10.9 Å². The van der Waals surface area contributed by atoms with Crippen LogP contribution < -0.4 is 11.2 Å². The Morgan fingerprint density at radius 2 is 2.05 bits per heavy atom. The summed E-state index contributed by atoms with van der Waals surface area (Å²) in [5.41, 5.74) is 0.189. The quantitative estimate of drug-likeness (QED) is 0.721. The van der Waals surface area contributed by atoms with Gasteiger partial charge in [-0.25, -0.2) is 9.78 Å². The number of imidazole rings is 1. The second-order valence-electron chi connectivity index (χ2n) is 5.51. The van der Waals surface area contributed by atoms with Crippen LogP contribution in [0.2, 0.25) is 0 Å². The van der Waals surface area contributed by atoms with Gasteiger partial charge in [0, 0.05) is 13.1 Å². The van der Waals surface area contributed by atoms with Gasteiger partial charge in [-0.3, -0.25) is 19.0 Å². The van der Waals surface area contributed by atoms with E-state index in [1.807, 2.05) is 20.8 Å². The highest BCUT2D eigenvalue weighted by Gasteiger charge is 2.16. The van der Waals surface area contributed by atoms with Gasteiger partial charge in [-0.05, 0) is 12.8 Å². The number of H-pyrrole nitrogens is 2. The highest BCUT2D eigenvalue weighted by atomic mass is 16.2. The lowest BCUT2D eigenvalue weighted by atomic mass is 10.2. The molecule has 0 saturated heterocycles. The summed E-state index contributed by atoms with van der Waals surface area (Å²) in [7, 11) is 0. The Balaban J connectivity index is 2.22. The van der Waals surface area contributed by atoms with Crippen molar-refractivity contribution in [3.63, 3.8) is 0 Å². The van der Waals surface area contributed by atoms with Gasteiger partial charge in [0.2, 0.25) is 0 Å². The molecule has 0 aromatic carbocycles. The van der Waals surface area contributed by atoms with Crippen molar-refractivity contribution in [2.45, 2.75) is 33.9 Å². The number of hydrogen-bond acceptors (Lipinski definition) is 5. The fraction of sp³-hybridized carbons (Fsp3) is 0.462. The van der Waals surface area contributed by atoms with Gasteiger partial charge < -0.3 is 4.98 Å². The van der Waals surface area contributed by atoms with Crippen molar-refractivity contribution in [1.82, 2.24) is 34.5 Å². The third-order valence-electron chi connectivity index (χ3n) is 3.29. The molecule has 9 heteroatoms. The lowest BCUT2D eigenvalue weighted by Gasteiger charge is -2.07. The molecule has 0 aliphatic carbocycles. The molecule has 0 unspecified atom stereocenters. The molecule has 116 valence electrons. The Labute approximate surface area is 125 Å². The minimum atomic E-state index is -0.485. The summed E-state index contributed by atoms with van der Waals surface area (Å²) in [5, 5.41) is 7.96. The van der Waals surface area contributed by atoms with E-state index in [2.05, 4.69) is 25.3 Å². The molecule has 0 radical (unpaired) electrons. The first-order valence-electron chi connectivity index (χ1n) is 7.13. The molecule has 3 aromatic rings. The van der Waals surface area contributed by atoms with Gasteiger partial charge >= 0.3 is 5.69 Å². The van der Waals surface area contributed by atoms with Gasteiger partial charge in [0.1, 0.15) is 11.2 Å². The SMILES string of the molecule is CCn1cc(-c2nc3c([nH]2)c(=O)[nH]c(=O)n3CC(C)C)nn1. The number of aryl methyl sites for hydroxylation is 1. The molecule has 0 fully saturated rings. The molecule has 0 amide bonds. The van der Waals surface area contributed by atoms with Crippen LogP contribution in [0.15, 0.2) is 15.8 Å². The van der Waals surface area contributed by atoms with Gasteiger partial charge in [0.15, 0.2) is 11.5 Å². The fourth-order valence-corrected chi connectivity index (χ4v) is 2.26. The molecular weight excluding hydrogens is 286 g/mol. The summed E-state index contributed by atoms with van der Waals surface area (Å²) in [5.74, 6) is 0.663. The number of aromatic amines is 2. The van der Waals surface area contributed by atoms with Gasteiger partial charge in [0.05, 0.1) is 6.20 Å². The van der Waals surface area contributed by atoms with Crippen LogP contribution in [-0.4, -0.2) is 34.5 Å². The lowest BCUT2D eigenvalue weighted by Crippen LogP contribution is -2.31. The topological polar surface area (TPSA) is 114 Å². The normalized spacial score (nSPS) is 11.6. The standard InChI is InChI=1S/C13H17N7O2/c1-4-19-6-8(17-18-19)10-14-9-11(15-10)20(5-7(2)3)13(22)16-12(9)21/h6-7H,4-5H2,1-3H3,(H,14,15)(H,16,21,22). The van der Waals surface area contributed by atoms with E-state index in [0.717, 1.165) is 0 Å². The molecule has 0 aliphatic rings. The monoisotopic (exact) mass is 303 g/mol. The van der Waals surface area contributed by atoms with Crippen LogP contribution in [0, 0.1) is 5.92 Å². The minimum Gasteiger partial charge on any atom is -0.331 e. The maximum Gasteiger partial charge on any atom is 0.330 e. The van der Waals surface area contributed by atoms with Crippen LogP contribution in [0.4, 0.5) is 0 Å². The van der Waals surface area contributed by atoms with E-state index >= 15 is 0 Å². The van der Waals surface area contributed by atoms with Crippen molar-refractivity contribution in [1.29, 1.82) is 0 Å². The van der Waals surface area contributed by atoms with E-state index in [9.17, 15) is 9.59 Å². The molecule has 0 bridgehead atoms. The molecule has 22 heavy (non-hydrogen) atoms. The maximum atomic E-state index is 12.0. The van der Waals surface area contributed by atoms with Gasteiger partial charge in [0.25, 0.3) is 5.56 Å². The predicted octanol–water partition coefficient (Wildman–Crippen LogP) is 0.347. The molecule has 0 spiro atoms. The second-order valence-corrected chi connectivity index (χ2v) is 5.51. The summed E-state index contributed by atoms with van der Waals surface area (Å²) in [6.07, 6.45) is 1.73. The Bertz CT molecular complexity index is 928. The number of rotatable bonds is 4. The van der Waals surface area contributed by atoms with Crippen molar-refractivity contribution in [3.05, 3.63) is 27.0 Å². The second kappa shape index (κ2) is 5.24. The first-order valence-corrected chi connectivity index (χ1v) is 7.13. The number of hydrogen-bond donors (Lipinski definition) is 2. The van der Waals surface area contributed by atoms with Crippen LogP contribution in [-0.2, 0) is 13.1 Å². The predicted molar refractivity (Wildman–Crippen MR) is 80.5 cm³/mol. The Kier molecular flexibility index (Phi) is 3.39. The summed E-state index contributed by atoms with van der Waals surface area (Å²) >= 11 is 0. The third kappa shape index (κ3) is 2.34. The zero-order valence-corrected chi connectivity index (χ0v) is 12.6. The number of aromatic nitrogens is 7. The van der Waals surface area contributed by atoms with E-state index in [-0.39, 0.29) is 11.4 Å². The van der Waals surface area contributed by atoms with Crippen LogP contribution >= 0.6 is 0 Å². The Morgan fingerprint density at radius 3 is 2.68 bits per heavy atom. The molecule has 0 aliphatic heterocycles. The number of nitrogens with one attached hydrogen (secondary N) is 2.